The van der Waals surface area contributed by atoms with E-state index in [4.69, 9.17) is 14.9 Å². The standard InChI is InChI=1S/C22H29BrN2O3S/c1-29-12-11-19-21(23)22(18-5-3-2-4-6-18)25(24-19)13-16-7-9-17(10-8-16)14-28-15-20(26)27/h2-6,16-17H,7-15H2,1H3,(H,26,27)/t16-,17-. The Morgan fingerprint density at radius 1 is 1.24 bits per heavy atom. The summed E-state index contributed by atoms with van der Waals surface area (Å²) in [4.78, 5) is 10.6. The monoisotopic (exact) mass is 480 g/mol. The molecule has 0 aliphatic heterocycles. The fourth-order valence-corrected chi connectivity index (χ4v) is 5.10. The molecule has 0 saturated heterocycles. The molecular weight excluding hydrogens is 452 g/mol. The molecule has 1 N–H and O–H groups in total. The fourth-order valence-electron chi connectivity index (χ4n) is 3.99. The van der Waals surface area contributed by atoms with Gasteiger partial charge in [0.1, 0.15) is 6.61 Å². The first-order chi connectivity index (χ1) is 14.1. The normalized spacial score (nSPS) is 19.4. The Balaban J connectivity index is 1.66. The first kappa shape index (κ1) is 22.4. The molecule has 158 valence electrons. The van der Waals surface area contributed by atoms with Crippen LogP contribution >= 0.6 is 27.7 Å². The molecule has 0 radical (unpaired) electrons. The number of hydrogen-bond acceptors (Lipinski definition) is 4. The molecule has 0 amide bonds. The van der Waals surface area contributed by atoms with Crippen LogP contribution in [0.1, 0.15) is 31.4 Å². The largest absolute Gasteiger partial charge is 0.480 e. The minimum absolute atomic E-state index is 0.194. The second-order valence-electron chi connectivity index (χ2n) is 7.70. The van der Waals surface area contributed by atoms with Gasteiger partial charge in [0.2, 0.25) is 0 Å². The Hall–Kier alpha value is -1.31. The molecule has 1 aliphatic carbocycles. The van der Waals surface area contributed by atoms with E-state index >= 15 is 0 Å². The molecule has 7 heteroatoms. The predicted molar refractivity (Wildman–Crippen MR) is 121 cm³/mol. The first-order valence-electron chi connectivity index (χ1n) is 10.2. The molecule has 1 aliphatic rings. The van der Waals surface area contributed by atoms with Crippen LogP contribution in [0.4, 0.5) is 0 Å². The number of nitrogens with zero attached hydrogens (tertiary/aromatic N) is 2. The zero-order valence-corrected chi connectivity index (χ0v) is 19.3. The molecule has 0 spiro atoms. The molecule has 1 aromatic heterocycles. The molecule has 1 aromatic carbocycles. The van der Waals surface area contributed by atoms with E-state index in [2.05, 4.69) is 51.1 Å². The van der Waals surface area contributed by atoms with E-state index in [0.29, 0.717) is 18.4 Å². The van der Waals surface area contributed by atoms with Gasteiger partial charge in [0.25, 0.3) is 0 Å². The van der Waals surface area contributed by atoms with Gasteiger partial charge in [-0.15, -0.1) is 0 Å². The summed E-state index contributed by atoms with van der Waals surface area (Å²) in [6, 6.07) is 10.5. The predicted octanol–water partition coefficient (Wildman–Crippen LogP) is 5.13. The summed E-state index contributed by atoms with van der Waals surface area (Å²) >= 11 is 5.67. The quantitative estimate of drug-likeness (QED) is 0.510. The lowest BCUT2D eigenvalue weighted by molar-refractivity contribution is -0.142. The molecule has 5 nitrogen and oxygen atoms in total. The molecule has 29 heavy (non-hydrogen) atoms. The number of carboxylic acids is 1. The van der Waals surface area contributed by atoms with Crippen LogP contribution in [0, 0.1) is 11.8 Å². The molecular formula is C22H29BrN2O3S. The average Bonchev–Trinajstić information content (AvgIpc) is 3.03. The summed E-state index contributed by atoms with van der Waals surface area (Å²) in [6.07, 6.45) is 7.53. The van der Waals surface area contributed by atoms with Gasteiger partial charge in [0.05, 0.1) is 22.5 Å². The van der Waals surface area contributed by atoms with Crippen LogP contribution in [0.5, 0.6) is 0 Å². The van der Waals surface area contributed by atoms with Gasteiger partial charge in [-0.3, -0.25) is 4.68 Å². The number of carboxylic acid groups (broad SMARTS) is 1. The summed E-state index contributed by atoms with van der Waals surface area (Å²) in [5, 5.41) is 13.7. The van der Waals surface area contributed by atoms with Crippen molar-refractivity contribution in [2.24, 2.45) is 11.8 Å². The average molecular weight is 481 g/mol. The van der Waals surface area contributed by atoms with Gasteiger partial charge in [0, 0.05) is 18.5 Å². The molecule has 0 atom stereocenters. The zero-order chi connectivity index (χ0) is 20.6. The zero-order valence-electron chi connectivity index (χ0n) is 16.8. The Morgan fingerprint density at radius 2 is 1.93 bits per heavy atom. The van der Waals surface area contributed by atoms with Crippen LogP contribution in [0.15, 0.2) is 34.8 Å². The highest BCUT2D eigenvalue weighted by Crippen LogP contribution is 2.35. The third-order valence-electron chi connectivity index (χ3n) is 5.53. The van der Waals surface area contributed by atoms with Gasteiger partial charge in [-0.2, -0.15) is 16.9 Å². The van der Waals surface area contributed by atoms with E-state index in [0.717, 1.165) is 54.6 Å². The van der Waals surface area contributed by atoms with Gasteiger partial charge in [-0.1, -0.05) is 30.3 Å². The highest BCUT2D eigenvalue weighted by Gasteiger charge is 2.25. The van der Waals surface area contributed by atoms with E-state index < -0.39 is 5.97 Å². The van der Waals surface area contributed by atoms with Crippen LogP contribution in [0.2, 0.25) is 0 Å². The number of rotatable bonds is 10. The van der Waals surface area contributed by atoms with Crippen molar-refractivity contribution in [3.8, 4) is 11.3 Å². The van der Waals surface area contributed by atoms with Crippen LogP contribution in [-0.2, 0) is 22.5 Å². The number of thioether (sulfide) groups is 1. The van der Waals surface area contributed by atoms with Crippen molar-refractivity contribution >= 4 is 33.7 Å². The lowest BCUT2D eigenvalue weighted by atomic mass is 9.82. The molecule has 2 aromatic rings. The Kier molecular flexibility index (Phi) is 8.63. The molecule has 1 heterocycles. The third-order valence-corrected chi connectivity index (χ3v) is 6.97. The van der Waals surface area contributed by atoms with Crippen LogP contribution in [0.25, 0.3) is 11.3 Å². The van der Waals surface area contributed by atoms with E-state index in [-0.39, 0.29) is 6.61 Å². The lowest BCUT2D eigenvalue weighted by Gasteiger charge is -2.28. The van der Waals surface area contributed by atoms with Crippen molar-refractivity contribution in [1.29, 1.82) is 0 Å². The summed E-state index contributed by atoms with van der Waals surface area (Å²) in [6.45, 7) is 1.28. The van der Waals surface area contributed by atoms with Gasteiger partial charge in [-0.25, -0.2) is 4.79 Å². The van der Waals surface area contributed by atoms with Crippen molar-refractivity contribution in [2.75, 3.05) is 25.2 Å². The van der Waals surface area contributed by atoms with Crippen molar-refractivity contribution < 1.29 is 14.6 Å². The smallest absolute Gasteiger partial charge is 0.329 e. The number of halogens is 1. The summed E-state index contributed by atoms with van der Waals surface area (Å²) in [5.74, 6) is 1.23. The number of aliphatic carboxylic acids is 1. The number of hydrogen-bond donors (Lipinski definition) is 1. The lowest BCUT2D eigenvalue weighted by Crippen LogP contribution is -2.23. The van der Waals surface area contributed by atoms with Crippen LogP contribution in [0.3, 0.4) is 0 Å². The highest BCUT2D eigenvalue weighted by molar-refractivity contribution is 9.10. The van der Waals surface area contributed by atoms with Gasteiger partial charge in [-0.05, 0) is 65.5 Å². The van der Waals surface area contributed by atoms with Gasteiger partial charge >= 0.3 is 5.97 Å². The molecule has 1 fully saturated rings. The maximum absolute atomic E-state index is 10.6. The fraction of sp³-hybridized carbons (Fsp3) is 0.545. The van der Waals surface area contributed by atoms with E-state index in [9.17, 15) is 4.79 Å². The summed E-state index contributed by atoms with van der Waals surface area (Å²) in [7, 11) is 0. The Labute approximate surface area is 185 Å². The molecule has 1 saturated carbocycles. The van der Waals surface area contributed by atoms with Crippen molar-refractivity contribution in [2.45, 2.75) is 38.6 Å². The third kappa shape index (κ3) is 6.33. The van der Waals surface area contributed by atoms with E-state index in [1.165, 1.54) is 11.3 Å². The van der Waals surface area contributed by atoms with Crippen LogP contribution in [-0.4, -0.2) is 46.1 Å². The first-order valence-corrected chi connectivity index (χ1v) is 12.4. The van der Waals surface area contributed by atoms with Gasteiger partial charge < -0.3 is 9.84 Å². The SMILES string of the molecule is CSCCc1nn(C[C@H]2CC[C@H](COCC(=O)O)CC2)c(-c2ccccc2)c1Br. The molecule has 3 rings (SSSR count). The molecule has 0 bridgehead atoms. The maximum atomic E-state index is 10.6. The summed E-state index contributed by atoms with van der Waals surface area (Å²) < 4.78 is 8.61. The second-order valence-corrected chi connectivity index (χ2v) is 9.47. The Morgan fingerprint density at radius 3 is 2.59 bits per heavy atom. The second kappa shape index (κ2) is 11.2. The number of ether oxygens (including phenoxy) is 1. The topological polar surface area (TPSA) is 64.4 Å². The minimum atomic E-state index is -0.895. The number of benzene rings is 1. The van der Waals surface area contributed by atoms with Crippen molar-refractivity contribution in [3.05, 3.63) is 40.5 Å². The van der Waals surface area contributed by atoms with Crippen molar-refractivity contribution in [1.82, 2.24) is 9.78 Å². The highest BCUT2D eigenvalue weighted by atomic mass is 79.9. The number of aromatic nitrogens is 2. The number of carbonyl (C=O) groups is 1. The van der Waals surface area contributed by atoms with E-state index in [1.54, 1.807) is 0 Å². The van der Waals surface area contributed by atoms with E-state index in [1.807, 2.05) is 17.8 Å². The van der Waals surface area contributed by atoms with Gasteiger partial charge in [0.15, 0.2) is 0 Å². The Bertz CT molecular complexity index is 789. The molecule has 0 unspecified atom stereocenters. The van der Waals surface area contributed by atoms with Crippen LogP contribution < -0.4 is 0 Å². The minimum Gasteiger partial charge on any atom is -0.480 e. The maximum Gasteiger partial charge on any atom is 0.329 e. The summed E-state index contributed by atoms with van der Waals surface area (Å²) in [5.41, 5.74) is 3.50. The van der Waals surface area contributed by atoms with Crippen molar-refractivity contribution in [3.63, 3.8) is 0 Å². The number of aryl methyl sites for hydroxylation is 1.